The highest BCUT2D eigenvalue weighted by Crippen LogP contribution is 2.28. The number of phenols is 2. The van der Waals surface area contributed by atoms with Crippen molar-refractivity contribution in [3.63, 3.8) is 0 Å². The summed E-state index contributed by atoms with van der Waals surface area (Å²) in [6.07, 6.45) is 6.38. The Morgan fingerprint density at radius 3 is 1.47 bits per heavy atom. The summed E-state index contributed by atoms with van der Waals surface area (Å²) in [7, 11) is 0. The Bertz CT molecular complexity index is 1980. The second-order valence-corrected chi connectivity index (χ2v) is 10.9. The fourth-order valence-electron chi connectivity index (χ4n) is 4.43. The predicted molar refractivity (Wildman–Crippen MR) is 183 cm³/mol. The van der Waals surface area contributed by atoms with Gasteiger partial charge in [-0.2, -0.15) is 10.5 Å². The van der Waals surface area contributed by atoms with E-state index in [1.54, 1.807) is 101 Å². The lowest BCUT2D eigenvalue weighted by Gasteiger charge is -2.25. The summed E-state index contributed by atoms with van der Waals surface area (Å²) < 4.78 is 15.5. The molecule has 0 unspecified atom stereocenters. The summed E-state index contributed by atoms with van der Waals surface area (Å²) in [5.41, 5.74) is 2.97. The molecule has 49 heavy (non-hydrogen) atoms. The molecule has 2 heterocycles. The van der Waals surface area contributed by atoms with E-state index in [4.69, 9.17) is 20.0 Å². The van der Waals surface area contributed by atoms with Gasteiger partial charge in [0.15, 0.2) is 0 Å². The van der Waals surface area contributed by atoms with E-state index in [0.717, 1.165) is 11.4 Å². The van der Waals surface area contributed by atoms with Crippen LogP contribution in [0, 0.1) is 22.7 Å². The van der Waals surface area contributed by atoms with E-state index in [9.17, 15) is 10.2 Å². The summed E-state index contributed by atoms with van der Waals surface area (Å²) >= 11 is 3.26. The van der Waals surface area contributed by atoms with Gasteiger partial charge in [-0.05, 0) is 107 Å². The zero-order valence-electron chi connectivity index (χ0n) is 25.9. The SMILES string of the molecule is N#Cc1ccc(N(CCOc2ccc(O)c(Br)c2)n2cnnc2)cc1.N#Cc1ccc(N(CCOc2ccc(O)cc2)n2cnnc2)cc1. The predicted octanol–water partition coefficient (Wildman–Crippen LogP) is 5.17. The van der Waals surface area contributed by atoms with Gasteiger partial charge in [0.25, 0.3) is 0 Å². The minimum Gasteiger partial charge on any atom is -0.508 e. The fourth-order valence-corrected chi connectivity index (χ4v) is 4.79. The van der Waals surface area contributed by atoms with Crippen molar-refractivity contribution in [2.75, 3.05) is 36.3 Å². The Kier molecular flexibility index (Phi) is 11.6. The van der Waals surface area contributed by atoms with E-state index in [1.807, 2.05) is 34.3 Å². The van der Waals surface area contributed by atoms with Gasteiger partial charge in [-0.25, -0.2) is 9.35 Å². The third kappa shape index (κ3) is 9.47. The maximum absolute atomic E-state index is 9.52. The molecule has 246 valence electrons. The second-order valence-electron chi connectivity index (χ2n) is 10.1. The zero-order valence-corrected chi connectivity index (χ0v) is 27.4. The number of anilines is 2. The number of halogens is 1. The number of aromatic hydroxyl groups is 2. The van der Waals surface area contributed by atoms with Crippen molar-refractivity contribution in [2.24, 2.45) is 0 Å². The smallest absolute Gasteiger partial charge is 0.139 e. The van der Waals surface area contributed by atoms with Crippen LogP contribution in [0.2, 0.25) is 0 Å². The molecule has 6 rings (SSSR count). The molecule has 0 aliphatic carbocycles. The number of rotatable bonds is 12. The van der Waals surface area contributed by atoms with Crippen molar-refractivity contribution in [1.29, 1.82) is 10.5 Å². The number of ether oxygens (including phenoxy) is 2. The molecular weight excluding hydrogens is 692 g/mol. The maximum Gasteiger partial charge on any atom is 0.139 e. The van der Waals surface area contributed by atoms with Crippen molar-refractivity contribution in [1.82, 2.24) is 29.7 Å². The maximum atomic E-state index is 9.52. The Morgan fingerprint density at radius 2 is 1.04 bits per heavy atom. The highest BCUT2D eigenvalue weighted by atomic mass is 79.9. The number of nitriles is 2. The number of hydrogen-bond donors (Lipinski definition) is 2. The summed E-state index contributed by atoms with van der Waals surface area (Å²) in [4.78, 5) is 0. The standard InChI is InChI=1S/C17H14BrN5O2.C17H15N5O2/c18-16-9-15(5-6-17(16)24)25-8-7-23(22-11-20-21-12-22)14-3-1-13(10-19)2-4-14;18-11-14-1-3-15(4-2-14)22(21-12-19-20-13-21)9-10-24-17-7-5-16(23)6-8-17/h1-6,9,11-12,24H,7-8H2;1-8,12-13,23H,9-10H2. The zero-order chi connectivity index (χ0) is 34.4. The molecular formula is C34H29BrN10O4. The molecule has 4 aromatic carbocycles. The van der Waals surface area contributed by atoms with Crippen molar-refractivity contribution < 1.29 is 19.7 Å². The molecule has 14 nitrogen and oxygen atoms in total. The lowest BCUT2D eigenvalue weighted by Crippen LogP contribution is -2.32. The quantitative estimate of drug-likeness (QED) is 0.170. The molecule has 2 aromatic heterocycles. The van der Waals surface area contributed by atoms with Crippen LogP contribution in [0.3, 0.4) is 0 Å². The molecule has 2 N–H and O–H groups in total. The average molecular weight is 722 g/mol. The van der Waals surface area contributed by atoms with Crippen LogP contribution in [0.25, 0.3) is 0 Å². The first-order valence-electron chi connectivity index (χ1n) is 14.7. The van der Waals surface area contributed by atoms with Crippen LogP contribution < -0.4 is 19.5 Å². The van der Waals surface area contributed by atoms with Crippen LogP contribution in [0.1, 0.15) is 11.1 Å². The lowest BCUT2D eigenvalue weighted by atomic mass is 10.2. The molecule has 0 aliphatic rings. The van der Waals surface area contributed by atoms with Crippen molar-refractivity contribution in [3.05, 3.63) is 132 Å². The normalized spacial score (nSPS) is 10.2. The van der Waals surface area contributed by atoms with E-state index >= 15 is 0 Å². The van der Waals surface area contributed by atoms with Gasteiger partial charge in [-0.1, -0.05) is 0 Å². The van der Waals surface area contributed by atoms with Crippen LogP contribution >= 0.6 is 15.9 Å². The molecule has 0 spiro atoms. The van der Waals surface area contributed by atoms with Gasteiger partial charge >= 0.3 is 0 Å². The second kappa shape index (κ2) is 16.8. The Balaban J connectivity index is 0.000000191. The molecule has 0 amide bonds. The number of phenolic OH excluding ortho intramolecular Hbond substituents is 2. The van der Waals surface area contributed by atoms with E-state index in [2.05, 4.69) is 48.5 Å². The van der Waals surface area contributed by atoms with Crippen LogP contribution in [0.15, 0.2) is 121 Å². The fraction of sp³-hybridized carbons (Fsp3) is 0.118. The minimum atomic E-state index is 0.163. The molecule has 0 radical (unpaired) electrons. The Labute approximate surface area is 289 Å². The third-order valence-electron chi connectivity index (χ3n) is 6.86. The number of aromatic nitrogens is 6. The molecule has 0 fully saturated rings. The van der Waals surface area contributed by atoms with Gasteiger partial charge in [0.05, 0.1) is 52.2 Å². The molecule has 6 aromatic rings. The molecule has 0 saturated heterocycles. The summed E-state index contributed by atoms with van der Waals surface area (Å²) in [6.45, 7) is 1.89. The summed E-state index contributed by atoms with van der Waals surface area (Å²) in [6, 6.07) is 30.2. The molecule has 0 saturated carbocycles. The van der Waals surface area contributed by atoms with E-state index in [1.165, 1.54) is 0 Å². The van der Waals surface area contributed by atoms with E-state index in [-0.39, 0.29) is 11.5 Å². The number of hydrogen-bond acceptors (Lipinski definition) is 12. The monoisotopic (exact) mass is 720 g/mol. The first-order valence-corrected chi connectivity index (χ1v) is 15.5. The first-order chi connectivity index (χ1) is 23.9. The molecule has 0 aliphatic heterocycles. The van der Waals surface area contributed by atoms with Gasteiger partial charge in [0.2, 0.25) is 0 Å². The minimum absolute atomic E-state index is 0.163. The Hall–Kier alpha value is -6.58. The lowest BCUT2D eigenvalue weighted by molar-refractivity contribution is 0.318. The van der Waals surface area contributed by atoms with Crippen LogP contribution in [0.4, 0.5) is 11.4 Å². The van der Waals surface area contributed by atoms with Crippen LogP contribution in [0.5, 0.6) is 23.0 Å². The van der Waals surface area contributed by atoms with E-state index in [0.29, 0.717) is 53.4 Å². The number of nitrogens with zero attached hydrogens (tertiary/aromatic N) is 10. The average Bonchev–Trinajstić information content (AvgIpc) is 3.87. The van der Waals surface area contributed by atoms with Gasteiger partial charge in [0, 0.05) is 0 Å². The first kappa shape index (κ1) is 33.8. The highest BCUT2D eigenvalue weighted by molar-refractivity contribution is 9.10. The molecule has 0 atom stereocenters. The summed E-state index contributed by atoms with van der Waals surface area (Å²) in [5.74, 6) is 1.69. The Morgan fingerprint density at radius 1 is 0.612 bits per heavy atom. The molecule has 0 bridgehead atoms. The van der Waals surface area contributed by atoms with Crippen molar-refractivity contribution >= 4 is 27.3 Å². The highest BCUT2D eigenvalue weighted by Gasteiger charge is 2.11. The van der Waals surface area contributed by atoms with Crippen molar-refractivity contribution in [3.8, 4) is 35.1 Å². The topological polar surface area (TPSA) is 174 Å². The third-order valence-corrected chi connectivity index (χ3v) is 7.49. The summed E-state index contributed by atoms with van der Waals surface area (Å²) in [5, 5.41) is 55.8. The molecule has 15 heteroatoms. The largest absolute Gasteiger partial charge is 0.508 e. The van der Waals surface area contributed by atoms with Gasteiger partial charge in [0.1, 0.15) is 61.5 Å². The van der Waals surface area contributed by atoms with Gasteiger partial charge in [-0.15, -0.1) is 20.4 Å². The van der Waals surface area contributed by atoms with Crippen LogP contribution in [-0.2, 0) is 0 Å². The van der Waals surface area contributed by atoms with Gasteiger partial charge < -0.3 is 19.7 Å². The van der Waals surface area contributed by atoms with E-state index < -0.39 is 0 Å². The van der Waals surface area contributed by atoms with Gasteiger partial charge in [-0.3, -0.25) is 10.0 Å². The number of benzene rings is 4. The van der Waals surface area contributed by atoms with Crippen LogP contribution in [-0.4, -0.2) is 66.3 Å². The van der Waals surface area contributed by atoms with Crippen molar-refractivity contribution in [2.45, 2.75) is 0 Å².